The second kappa shape index (κ2) is 9.28. The quantitative estimate of drug-likeness (QED) is 0.650. The second-order valence-corrected chi connectivity index (χ2v) is 7.42. The van der Waals surface area contributed by atoms with Crippen LogP contribution in [-0.4, -0.2) is 39.4 Å². The Morgan fingerprint density at radius 3 is 2.55 bits per heavy atom. The van der Waals surface area contributed by atoms with Gasteiger partial charge in [0, 0.05) is 37.4 Å². The Kier molecular flexibility index (Phi) is 6.54. The Hall–Kier alpha value is -3.28. The SMILES string of the molecule is Cc1cc(C(=O)N(C)CCc2ccncc2)nc(Nc2ccccc2C(C)C)n1. The van der Waals surface area contributed by atoms with Gasteiger partial charge < -0.3 is 10.2 Å². The third-order valence-corrected chi connectivity index (χ3v) is 4.73. The van der Waals surface area contributed by atoms with Crippen molar-refractivity contribution in [3.8, 4) is 0 Å². The van der Waals surface area contributed by atoms with Gasteiger partial charge in [0.05, 0.1) is 0 Å². The van der Waals surface area contributed by atoms with E-state index in [1.165, 1.54) is 5.56 Å². The smallest absolute Gasteiger partial charge is 0.272 e. The Morgan fingerprint density at radius 2 is 1.83 bits per heavy atom. The Balaban J connectivity index is 1.75. The molecule has 1 aromatic carbocycles. The van der Waals surface area contributed by atoms with Crippen molar-refractivity contribution >= 4 is 17.5 Å². The summed E-state index contributed by atoms with van der Waals surface area (Å²) in [6.07, 6.45) is 4.29. The summed E-state index contributed by atoms with van der Waals surface area (Å²) in [6.45, 7) is 6.76. The standard InChI is InChI=1S/C23H27N5O/c1-16(2)19-7-5-6-8-20(19)26-23-25-17(3)15-21(27-23)22(29)28(4)14-11-18-9-12-24-13-10-18/h5-10,12-13,15-16H,11,14H2,1-4H3,(H,25,26,27). The van der Waals surface area contributed by atoms with Gasteiger partial charge in [-0.05, 0) is 54.7 Å². The van der Waals surface area contributed by atoms with Gasteiger partial charge in [-0.1, -0.05) is 32.0 Å². The minimum absolute atomic E-state index is 0.121. The minimum atomic E-state index is -0.121. The van der Waals surface area contributed by atoms with E-state index in [2.05, 4.69) is 40.2 Å². The van der Waals surface area contributed by atoms with E-state index < -0.39 is 0 Å². The first-order chi connectivity index (χ1) is 13.9. The summed E-state index contributed by atoms with van der Waals surface area (Å²) in [4.78, 5) is 27.6. The number of carbonyl (C=O) groups is 1. The topological polar surface area (TPSA) is 71.0 Å². The molecule has 0 aliphatic heterocycles. The third kappa shape index (κ3) is 5.38. The van der Waals surface area contributed by atoms with Crippen LogP contribution in [0.15, 0.2) is 54.9 Å². The van der Waals surface area contributed by atoms with Crippen LogP contribution < -0.4 is 5.32 Å². The van der Waals surface area contributed by atoms with Gasteiger partial charge in [0.2, 0.25) is 5.95 Å². The maximum absolute atomic E-state index is 12.9. The molecule has 6 heteroatoms. The highest BCUT2D eigenvalue weighted by Crippen LogP contribution is 2.25. The van der Waals surface area contributed by atoms with Crippen molar-refractivity contribution in [2.24, 2.45) is 0 Å². The van der Waals surface area contributed by atoms with Crippen LogP contribution in [0, 0.1) is 6.92 Å². The molecule has 0 fully saturated rings. The number of rotatable bonds is 7. The summed E-state index contributed by atoms with van der Waals surface area (Å²) in [7, 11) is 1.79. The van der Waals surface area contributed by atoms with Crippen molar-refractivity contribution < 1.29 is 4.79 Å². The lowest BCUT2D eigenvalue weighted by Gasteiger charge is -2.18. The number of hydrogen-bond acceptors (Lipinski definition) is 5. The predicted molar refractivity (Wildman–Crippen MR) is 115 cm³/mol. The molecule has 0 aliphatic carbocycles. The summed E-state index contributed by atoms with van der Waals surface area (Å²) in [5, 5.41) is 3.29. The molecule has 150 valence electrons. The molecule has 0 saturated heterocycles. The van der Waals surface area contributed by atoms with Gasteiger partial charge in [0.25, 0.3) is 5.91 Å². The summed E-state index contributed by atoms with van der Waals surface area (Å²) in [5.74, 6) is 0.678. The molecule has 0 aliphatic rings. The van der Waals surface area contributed by atoms with Gasteiger partial charge in [0.1, 0.15) is 5.69 Å². The lowest BCUT2D eigenvalue weighted by molar-refractivity contribution is 0.0790. The molecule has 0 spiro atoms. The van der Waals surface area contributed by atoms with E-state index in [0.717, 1.165) is 23.4 Å². The average Bonchev–Trinajstić information content (AvgIpc) is 2.72. The first kappa shape index (κ1) is 20.5. The number of aromatic nitrogens is 3. The largest absolute Gasteiger partial charge is 0.340 e. The van der Waals surface area contributed by atoms with Gasteiger partial charge in [-0.3, -0.25) is 9.78 Å². The maximum atomic E-state index is 12.9. The van der Waals surface area contributed by atoms with Gasteiger partial charge in [-0.25, -0.2) is 9.97 Å². The Labute approximate surface area is 172 Å². The molecular weight excluding hydrogens is 362 g/mol. The number of aryl methyl sites for hydroxylation is 1. The average molecular weight is 390 g/mol. The fourth-order valence-corrected chi connectivity index (χ4v) is 3.11. The van der Waals surface area contributed by atoms with Gasteiger partial charge in [0.15, 0.2) is 0 Å². The van der Waals surface area contributed by atoms with Crippen LogP contribution in [0.5, 0.6) is 0 Å². The van der Waals surface area contributed by atoms with Crippen molar-refractivity contribution in [1.29, 1.82) is 0 Å². The number of likely N-dealkylation sites (N-methyl/N-ethyl adjacent to an activating group) is 1. The maximum Gasteiger partial charge on any atom is 0.272 e. The number of anilines is 2. The highest BCUT2D eigenvalue weighted by atomic mass is 16.2. The molecule has 2 heterocycles. The first-order valence-electron chi connectivity index (χ1n) is 9.80. The van der Waals surface area contributed by atoms with E-state index in [1.807, 2.05) is 37.3 Å². The lowest BCUT2D eigenvalue weighted by Crippen LogP contribution is -2.30. The Bertz CT molecular complexity index is 972. The first-order valence-corrected chi connectivity index (χ1v) is 9.80. The van der Waals surface area contributed by atoms with Crippen molar-refractivity contribution in [1.82, 2.24) is 19.9 Å². The van der Waals surface area contributed by atoms with Crippen LogP contribution in [0.4, 0.5) is 11.6 Å². The second-order valence-electron chi connectivity index (χ2n) is 7.42. The van der Waals surface area contributed by atoms with Crippen LogP contribution in [-0.2, 0) is 6.42 Å². The predicted octanol–water partition coefficient (Wildman–Crippen LogP) is 4.36. The summed E-state index contributed by atoms with van der Waals surface area (Å²) >= 11 is 0. The van der Waals surface area contributed by atoms with Crippen LogP contribution in [0.2, 0.25) is 0 Å². The number of para-hydroxylation sites is 1. The summed E-state index contributed by atoms with van der Waals surface area (Å²) in [5.41, 5.74) is 4.42. The fourth-order valence-electron chi connectivity index (χ4n) is 3.11. The zero-order valence-corrected chi connectivity index (χ0v) is 17.4. The highest BCUT2D eigenvalue weighted by molar-refractivity contribution is 5.92. The molecule has 3 aromatic rings. The van der Waals surface area contributed by atoms with Crippen molar-refractivity contribution in [3.05, 3.63) is 77.4 Å². The molecule has 0 saturated carbocycles. The van der Waals surface area contributed by atoms with E-state index >= 15 is 0 Å². The fraction of sp³-hybridized carbons (Fsp3) is 0.304. The van der Waals surface area contributed by atoms with Crippen molar-refractivity contribution in [3.63, 3.8) is 0 Å². The molecule has 3 rings (SSSR count). The zero-order chi connectivity index (χ0) is 20.8. The van der Waals surface area contributed by atoms with E-state index in [0.29, 0.717) is 24.1 Å². The van der Waals surface area contributed by atoms with E-state index in [-0.39, 0.29) is 5.91 Å². The molecule has 1 amide bonds. The van der Waals surface area contributed by atoms with Gasteiger partial charge >= 0.3 is 0 Å². The molecule has 0 unspecified atom stereocenters. The molecule has 1 N–H and O–H groups in total. The molecule has 2 aromatic heterocycles. The van der Waals surface area contributed by atoms with Crippen LogP contribution in [0.1, 0.15) is 47.1 Å². The molecular formula is C23H27N5O. The van der Waals surface area contributed by atoms with Crippen LogP contribution in [0.25, 0.3) is 0 Å². The minimum Gasteiger partial charge on any atom is -0.340 e. The third-order valence-electron chi connectivity index (χ3n) is 4.73. The number of benzene rings is 1. The molecule has 0 radical (unpaired) electrons. The number of hydrogen-bond donors (Lipinski definition) is 1. The molecule has 0 bridgehead atoms. The highest BCUT2D eigenvalue weighted by Gasteiger charge is 2.16. The monoisotopic (exact) mass is 389 g/mol. The Morgan fingerprint density at radius 1 is 1.10 bits per heavy atom. The van der Waals surface area contributed by atoms with Gasteiger partial charge in [-0.15, -0.1) is 0 Å². The van der Waals surface area contributed by atoms with E-state index in [1.54, 1.807) is 30.4 Å². The normalized spacial score (nSPS) is 10.8. The molecule has 0 atom stereocenters. The number of nitrogens with one attached hydrogen (secondary N) is 1. The number of pyridine rings is 1. The molecule has 6 nitrogen and oxygen atoms in total. The summed E-state index contributed by atoms with van der Waals surface area (Å²) in [6, 6.07) is 13.7. The van der Waals surface area contributed by atoms with Crippen molar-refractivity contribution in [2.75, 3.05) is 18.9 Å². The number of amides is 1. The van der Waals surface area contributed by atoms with E-state index in [4.69, 9.17) is 0 Å². The number of nitrogens with zero attached hydrogens (tertiary/aromatic N) is 4. The molecule has 29 heavy (non-hydrogen) atoms. The van der Waals surface area contributed by atoms with E-state index in [9.17, 15) is 4.79 Å². The number of carbonyl (C=O) groups excluding carboxylic acids is 1. The van der Waals surface area contributed by atoms with Crippen LogP contribution in [0.3, 0.4) is 0 Å². The lowest BCUT2D eigenvalue weighted by atomic mass is 10.0. The van der Waals surface area contributed by atoms with Crippen molar-refractivity contribution in [2.45, 2.75) is 33.1 Å². The van der Waals surface area contributed by atoms with Crippen LogP contribution >= 0.6 is 0 Å². The summed E-state index contributed by atoms with van der Waals surface area (Å²) < 4.78 is 0. The zero-order valence-electron chi connectivity index (χ0n) is 17.4. The van der Waals surface area contributed by atoms with Gasteiger partial charge in [-0.2, -0.15) is 0 Å².